The summed E-state index contributed by atoms with van der Waals surface area (Å²) in [5.41, 5.74) is 0. The lowest BCUT2D eigenvalue weighted by Gasteiger charge is -2.24. The molecule has 6 atom stereocenters. The molecule has 112 valence electrons. The van der Waals surface area contributed by atoms with Crippen molar-refractivity contribution in [3.8, 4) is 0 Å². The fourth-order valence-corrected chi connectivity index (χ4v) is 5.50. The van der Waals surface area contributed by atoms with E-state index in [2.05, 4.69) is 10.6 Å². The molecule has 20 heavy (non-hydrogen) atoms. The summed E-state index contributed by atoms with van der Waals surface area (Å²) < 4.78 is 0. The van der Waals surface area contributed by atoms with Crippen LogP contribution in [0.4, 0.5) is 0 Å². The van der Waals surface area contributed by atoms with Crippen LogP contribution in [0.15, 0.2) is 0 Å². The van der Waals surface area contributed by atoms with Crippen molar-refractivity contribution in [3.63, 3.8) is 0 Å². The maximum Gasteiger partial charge on any atom is 0.237 e. The summed E-state index contributed by atoms with van der Waals surface area (Å²) in [7, 11) is 0. The number of hydrogen-bond acceptors (Lipinski definition) is 2. The Morgan fingerprint density at radius 3 is 2.65 bits per heavy atom. The van der Waals surface area contributed by atoms with E-state index in [-0.39, 0.29) is 11.9 Å². The van der Waals surface area contributed by atoms with Gasteiger partial charge in [-0.15, -0.1) is 0 Å². The number of carbonyl (C=O) groups excluding carboxylic acids is 1. The highest BCUT2D eigenvalue weighted by molar-refractivity contribution is 5.82. The van der Waals surface area contributed by atoms with Gasteiger partial charge in [0.05, 0.1) is 6.04 Å². The molecular formula is C17H28N2O. The van der Waals surface area contributed by atoms with Crippen molar-refractivity contribution in [2.24, 2.45) is 23.7 Å². The molecule has 0 aromatic carbocycles. The van der Waals surface area contributed by atoms with Gasteiger partial charge in [-0.3, -0.25) is 4.79 Å². The average Bonchev–Trinajstić information content (AvgIpc) is 3.18. The van der Waals surface area contributed by atoms with E-state index in [0.717, 1.165) is 36.6 Å². The smallest absolute Gasteiger partial charge is 0.237 e. The molecule has 3 nitrogen and oxygen atoms in total. The van der Waals surface area contributed by atoms with Gasteiger partial charge in [0, 0.05) is 12.6 Å². The maximum absolute atomic E-state index is 12.4. The Balaban J connectivity index is 1.26. The van der Waals surface area contributed by atoms with Crippen LogP contribution in [0.25, 0.3) is 0 Å². The molecule has 2 N–H and O–H groups in total. The lowest BCUT2D eigenvalue weighted by atomic mass is 9.85. The normalized spacial score (nSPS) is 46.4. The van der Waals surface area contributed by atoms with Crippen LogP contribution in [-0.4, -0.2) is 24.5 Å². The molecule has 2 bridgehead atoms. The second-order valence-corrected chi connectivity index (χ2v) is 7.79. The van der Waals surface area contributed by atoms with E-state index in [4.69, 9.17) is 0 Å². The van der Waals surface area contributed by atoms with Gasteiger partial charge in [0.1, 0.15) is 0 Å². The van der Waals surface area contributed by atoms with E-state index in [0.29, 0.717) is 6.04 Å². The van der Waals surface area contributed by atoms with Crippen molar-refractivity contribution >= 4 is 5.91 Å². The van der Waals surface area contributed by atoms with E-state index in [1.807, 2.05) is 0 Å². The van der Waals surface area contributed by atoms with Crippen LogP contribution in [0.1, 0.15) is 57.8 Å². The summed E-state index contributed by atoms with van der Waals surface area (Å²) >= 11 is 0. The van der Waals surface area contributed by atoms with Crippen molar-refractivity contribution in [1.29, 1.82) is 0 Å². The first-order valence-electron chi connectivity index (χ1n) is 8.83. The van der Waals surface area contributed by atoms with Crippen LogP contribution in [0, 0.1) is 23.7 Å². The number of nitrogens with one attached hydrogen (secondary N) is 2. The maximum atomic E-state index is 12.4. The van der Waals surface area contributed by atoms with E-state index >= 15 is 0 Å². The third-order valence-corrected chi connectivity index (χ3v) is 6.60. The molecule has 4 fully saturated rings. The van der Waals surface area contributed by atoms with Crippen molar-refractivity contribution in [3.05, 3.63) is 0 Å². The predicted octanol–water partition coefficient (Wildman–Crippen LogP) is 2.46. The van der Waals surface area contributed by atoms with Crippen LogP contribution in [0.3, 0.4) is 0 Å². The van der Waals surface area contributed by atoms with E-state index in [9.17, 15) is 4.79 Å². The van der Waals surface area contributed by atoms with Crippen molar-refractivity contribution < 1.29 is 4.79 Å². The molecule has 0 radical (unpaired) electrons. The number of hydrogen-bond donors (Lipinski definition) is 2. The molecule has 1 saturated heterocycles. The van der Waals surface area contributed by atoms with Gasteiger partial charge in [0.2, 0.25) is 5.91 Å². The predicted molar refractivity (Wildman–Crippen MR) is 79.2 cm³/mol. The van der Waals surface area contributed by atoms with E-state index in [1.54, 1.807) is 0 Å². The van der Waals surface area contributed by atoms with Gasteiger partial charge < -0.3 is 10.6 Å². The van der Waals surface area contributed by atoms with Crippen molar-refractivity contribution in [2.45, 2.75) is 69.9 Å². The Kier molecular flexibility index (Phi) is 3.49. The summed E-state index contributed by atoms with van der Waals surface area (Å²) in [4.78, 5) is 12.4. The molecule has 0 spiro atoms. The van der Waals surface area contributed by atoms with E-state index in [1.165, 1.54) is 51.4 Å². The molecule has 1 amide bonds. The monoisotopic (exact) mass is 276 g/mol. The van der Waals surface area contributed by atoms with Gasteiger partial charge in [-0.05, 0) is 62.2 Å². The van der Waals surface area contributed by atoms with Gasteiger partial charge in [-0.1, -0.05) is 19.3 Å². The molecule has 0 aromatic heterocycles. The molecule has 0 aromatic rings. The van der Waals surface area contributed by atoms with Crippen molar-refractivity contribution in [1.82, 2.24) is 10.6 Å². The molecule has 4 rings (SSSR count). The fraction of sp³-hybridized carbons (Fsp3) is 0.941. The Hall–Kier alpha value is -0.570. The zero-order chi connectivity index (χ0) is 13.5. The van der Waals surface area contributed by atoms with Crippen LogP contribution < -0.4 is 10.6 Å². The van der Waals surface area contributed by atoms with Crippen LogP contribution >= 0.6 is 0 Å². The fourth-order valence-electron chi connectivity index (χ4n) is 5.50. The first-order valence-corrected chi connectivity index (χ1v) is 8.83. The second-order valence-electron chi connectivity index (χ2n) is 7.79. The standard InChI is InChI=1S/C17H28N2O/c20-17(16-9-13-3-1-2-4-15(13)19-16)18-10-14-8-11-5-6-12(14)7-11/h11-16,19H,1-10H2,(H,18,20). The Morgan fingerprint density at radius 2 is 1.90 bits per heavy atom. The Labute approximate surface area is 122 Å². The molecule has 3 aliphatic carbocycles. The van der Waals surface area contributed by atoms with Gasteiger partial charge in [0.15, 0.2) is 0 Å². The third-order valence-electron chi connectivity index (χ3n) is 6.60. The molecule has 3 heteroatoms. The average molecular weight is 276 g/mol. The number of carbonyl (C=O) groups is 1. The summed E-state index contributed by atoms with van der Waals surface area (Å²) in [5.74, 6) is 3.72. The number of rotatable bonds is 3. The molecular weight excluding hydrogens is 248 g/mol. The lowest BCUT2D eigenvalue weighted by Crippen LogP contribution is -2.44. The highest BCUT2D eigenvalue weighted by Gasteiger charge is 2.41. The highest BCUT2D eigenvalue weighted by Crippen LogP contribution is 2.47. The summed E-state index contributed by atoms with van der Waals surface area (Å²) in [6, 6.07) is 0.726. The van der Waals surface area contributed by atoms with Crippen molar-refractivity contribution in [2.75, 3.05) is 6.54 Å². The number of amides is 1. The van der Waals surface area contributed by atoms with Gasteiger partial charge >= 0.3 is 0 Å². The SMILES string of the molecule is O=C(NCC1CC2CCC1C2)C1CC2CCCCC2N1. The third kappa shape index (κ3) is 2.38. The minimum Gasteiger partial charge on any atom is -0.354 e. The molecule has 6 unspecified atom stereocenters. The van der Waals surface area contributed by atoms with Gasteiger partial charge in [-0.25, -0.2) is 0 Å². The quantitative estimate of drug-likeness (QED) is 0.831. The van der Waals surface area contributed by atoms with Crippen LogP contribution in [0.2, 0.25) is 0 Å². The van der Waals surface area contributed by atoms with E-state index < -0.39 is 0 Å². The molecule has 1 aliphatic heterocycles. The topological polar surface area (TPSA) is 41.1 Å². The second kappa shape index (κ2) is 5.32. The largest absolute Gasteiger partial charge is 0.354 e. The number of fused-ring (bicyclic) bond motifs is 3. The van der Waals surface area contributed by atoms with Gasteiger partial charge in [-0.2, -0.15) is 0 Å². The van der Waals surface area contributed by atoms with Crippen LogP contribution in [-0.2, 0) is 4.79 Å². The molecule has 1 heterocycles. The first-order chi connectivity index (χ1) is 9.79. The highest BCUT2D eigenvalue weighted by atomic mass is 16.2. The lowest BCUT2D eigenvalue weighted by molar-refractivity contribution is -0.123. The first kappa shape index (κ1) is 13.1. The zero-order valence-corrected chi connectivity index (χ0v) is 12.4. The molecule has 3 saturated carbocycles. The Bertz CT molecular complexity index is 369. The minimum absolute atomic E-state index is 0.0988. The van der Waals surface area contributed by atoms with Gasteiger partial charge in [0.25, 0.3) is 0 Å². The molecule has 4 aliphatic rings. The summed E-state index contributed by atoms with van der Waals surface area (Å²) in [5, 5.41) is 6.85. The minimum atomic E-state index is 0.0988. The zero-order valence-electron chi connectivity index (χ0n) is 12.4. The van der Waals surface area contributed by atoms with Crippen LogP contribution in [0.5, 0.6) is 0 Å². The Morgan fingerprint density at radius 1 is 1.00 bits per heavy atom. The summed E-state index contributed by atoms with van der Waals surface area (Å²) in [6.07, 6.45) is 12.1. The summed E-state index contributed by atoms with van der Waals surface area (Å²) in [6.45, 7) is 0.938.